The van der Waals surface area contributed by atoms with Crippen LogP contribution < -0.4 is 4.74 Å². The molecule has 1 amide bonds. The highest BCUT2D eigenvalue weighted by atomic mass is 19.1. The van der Waals surface area contributed by atoms with Crippen LogP contribution in [0, 0.1) is 5.82 Å². The number of rotatable bonds is 8. The summed E-state index contributed by atoms with van der Waals surface area (Å²) < 4.78 is 20.4. The summed E-state index contributed by atoms with van der Waals surface area (Å²) in [6.45, 7) is 1.10. The largest absolute Gasteiger partial charge is 0.494 e. The molecule has 5 nitrogen and oxygen atoms in total. The highest BCUT2D eigenvalue weighted by Gasteiger charge is 2.30. The fourth-order valence-electron chi connectivity index (χ4n) is 3.52. The maximum atomic E-state index is 13.4. The Labute approximate surface area is 169 Å². The summed E-state index contributed by atoms with van der Waals surface area (Å²) in [5.41, 5.74) is 1.44. The van der Waals surface area contributed by atoms with Crippen molar-refractivity contribution in [3.8, 4) is 11.4 Å². The highest BCUT2D eigenvalue weighted by Crippen LogP contribution is 2.28. The van der Waals surface area contributed by atoms with E-state index in [9.17, 15) is 9.18 Å². The molecule has 0 saturated heterocycles. The maximum absolute atomic E-state index is 13.4. The summed E-state index contributed by atoms with van der Waals surface area (Å²) in [6.07, 6.45) is 7.49. The number of carbonyl (C=O) groups excluding carboxylic acids is 1. The fourth-order valence-corrected chi connectivity index (χ4v) is 3.52. The van der Waals surface area contributed by atoms with Crippen LogP contribution in [-0.2, 0) is 0 Å². The molecule has 0 radical (unpaired) electrons. The van der Waals surface area contributed by atoms with Crippen LogP contribution in [0.25, 0.3) is 5.69 Å². The Balaban J connectivity index is 1.43. The molecule has 0 aliphatic heterocycles. The first kappa shape index (κ1) is 19.2. The van der Waals surface area contributed by atoms with E-state index in [0.29, 0.717) is 30.9 Å². The summed E-state index contributed by atoms with van der Waals surface area (Å²) >= 11 is 0. The lowest BCUT2D eigenvalue weighted by atomic mass is 9.90. The zero-order valence-corrected chi connectivity index (χ0v) is 16.2. The third kappa shape index (κ3) is 4.47. The average molecular weight is 393 g/mol. The lowest BCUT2D eigenvalue weighted by Crippen LogP contribution is -2.45. The van der Waals surface area contributed by atoms with Crippen LogP contribution in [-0.4, -0.2) is 39.8 Å². The average Bonchev–Trinajstić information content (AvgIpc) is 3.24. The van der Waals surface area contributed by atoms with Crippen molar-refractivity contribution in [2.75, 3.05) is 13.2 Å². The van der Waals surface area contributed by atoms with Crippen molar-refractivity contribution in [1.29, 1.82) is 0 Å². The lowest BCUT2D eigenvalue weighted by molar-refractivity contribution is 0.0565. The van der Waals surface area contributed by atoms with Crippen molar-refractivity contribution in [2.45, 2.75) is 31.7 Å². The van der Waals surface area contributed by atoms with E-state index in [1.807, 2.05) is 41.4 Å². The number of halogens is 1. The molecule has 0 unspecified atom stereocenters. The Bertz CT molecular complexity index is 937. The van der Waals surface area contributed by atoms with Crippen LogP contribution in [0.5, 0.6) is 5.75 Å². The van der Waals surface area contributed by atoms with Crippen molar-refractivity contribution in [3.63, 3.8) is 0 Å². The first-order chi connectivity index (χ1) is 14.2. The van der Waals surface area contributed by atoms with E-state index < -0.39 is 0 Å². The summed E-state index contributed by atoms with van der Waals surface area (Å²) in [5, 5.41) is 4.28. The maximum Gasteiger partial charge on any atom is 0.256 e. The van der Waals surface area contributed by atoms with Gasteiger partial charge in [0.05, 0.1) is 17.9 Å². The Morgan fingerprint density at radius 1 is 1.14 bits per heavy atom. The van der Waals surface area contributed by atoms with Crippen molar-refractivity contribution < 1.29 is 13.9 Å². The van der Waals surface area contributed by atoms with Crippen LogP contribution in [0.4, 0.5) is 4.39 Å². The molecule has 3 aromatic rings. The number of para-hydroxylation sites is 1. The van der Waals surface area contributed by atoms with E-state index in [1.165, 1.54) is 12.1 Å². The second kappa shape index (κ2) is 8.90. The number of benzene rings is 2. The standard InChI is InChI=1S/C23H24FN3O2/c24-18-10-12-20(13-11-18)29-17-5-15-26(19-6-3-7-19)23(28)21-8-1-2-9-22(21)27-16-4-14-25-27/h1-2,4,8-14,16,19H,3,5-7,15,17H2. The van der Waals surface area contributed by atoms with Gasteiger partial charge in [0.25, 0.3) is 5.91 Å². The highest BCUT2D eigenvalue weighted by molar-refractivity contribution is 5.98. The summed E-state index contributed by atoms with van der Waals surface area (Å²) in [7, 11) is 0. The van der Waals surface area contributed by atoms with E-state index in [-0.39, 0.29) is 17.8 Å². The molecule has 1 saturated carbocycles. The second-order valence-corrected chi connectivity index (χ2v) is 7.21. The molecule has 0 spiro atoms. The van der Waals surface area contributed by atoms with Gasteiger partial charge in [-0.2, -0.15) is 5.10 Å². The molecule has 1 fully saturated rings. The smallest absolute Gasteiger partial charge is 0.256 e. The normalized spacial score (nSPS) is 13.7. The van der Waals surface area contributed by atoms with Gasteiger partial charge in [0.15, 0.2) is 0 Å². The number of carbonyl (C=O) groups is 1. The number of aromatic nitrogens is 2. The number of hydrogen-bond acceptors (Lipinski definition) is 3. The summed E-state index contributed by atoms with van der Waals surface area (Å²) in [5.74, 6) is 0.384. The number of nitrogens with zero attached hydrogens (tertiary/aromatic N) is 3. The second-order valence-electron chi connectivity index (χ2n) is 7.21. The Kier molecular flexibility index (Phi) is 5.89. The molecule has 29 heavy (non-hydrogen) atoms. The van der Waals surface area contributed by atoms with Crippen LogP contribution in [0.3, 0.4) is 0 Å². The topological polar surface area (TPSA) is 47.4 Å². The Morgan fingerprint density at radius 3 is 2.62 bits per heavy atom. The zero-order valence-electron chi connectivity index (χ0n) is 16.2. The number of ether oxygens (including phenoxy) is 1. The van der Waals surface area contributed by atoms with E-state index in [0.717, 1.165) is 24.9 Å². The van der Waals surface area contributed by atoms with Gasteiger partial charge in [-0.05, 0) is 68.1 Å². The molecule has 4 rings (SSSR count). The van der Waals surface area contributed by atoms with Gasteiger partial charge < -0.3 is 9.64 Å². The SMILES string of the molecule is O=C(c1ccccc1-n1cccn1)N(CCCOc1ccc(F)cc1)C1CCC1. The first-order valence-corrected chi connectivity index (χ1v) is 10.0. The molecule has 0 bridgehead atoms. The van der Waals surface area contributed by atoms with E-state index >= 15 is 0 Å². The van der Waals surface area contributed by atoms with Gasteiger partial charge in [-0.1, -0.05) is 12.1 Å². The van der Waals surface area contributed by atoms with Gasteiger partial charge in [0.2, 0.25) is 0 Å². The van der Waals surface area contributed by atoms with Crippen molar-refractivity contribution in [1.82, 2.24) is 14.7 Å². The van der Waals surface area contributed by atoms with Gasteiger partial charge in [-0.15, -0.1) is 0 Å². The summed E-state index contributed by atoms with van der Waals surface area (Å²) in [6, 6.07) is 15.7. The molecule has 2 aromatic carbocycles. The minimum atomic E-state index is -0.282. The molecule has 6 heteroatoms. The number of amides is 1. The minimum Gasteiger partial charge on any atom is -0.494 e. The summed E-state index contributed by atoms with van der Waals surface area (Å²) in [4.78, 5) is 15.4. The van der Waals surface area contributed by atoms with E-state index in [1.54, 1.807) is 23.0 Å². The number of hydrogen-bond donors (Lipinski definition) is 0. The van der Waals surface area contributed by atoms with Crippen LogP contribution >= 0.6 is 0 Å². The van der Waals surface area contributed by atoms with Gasteiger partial charge in [0.1, 0.15) is 11.6 Å². The van der Waals surface area contributed by atoms with Gasteiger partial charge in [0, 0.05) is 25.0 Å². The van der Waals surface area contributed by atoms with Crippen molar-refractivity contribution in [2.24, 2.45) is 0 Å². The molecule has 1 heterocycles. The van der Waals surface area contributed by atoms with Crippen LogP contribution in [0.1, 0.15) is 36.0 Å². The molecule has 150 valence electrons. The lowest BCUT2D eigenvalue weighted by Gasteiger charge is -2.38. The molecule has 0 N–H and O–H groups in total. The van der Waals surface area contributed by atoms with Gasteiger partial charge >= 0.3 is 0 Å². The first-order valence-electron chi connectivity index (χ1n) is 10.0. The van der Waals surface area contributed by atoms with E-state index in [2.05, 4.69) is 5.10 Å². The van der Waals surface area contributed by atoms with Crippen LogP contribution in [0.15, 0.2) is 67.0 Å². The molecular weight excluding hydrogens is 369 g/mol. The Hall–Kier alpha value is -3.15. The van der Waals surface area contributed by atoms with Crippen LogP contribution in [0.2, 0.25) is 0 Å². The quantitative estimate of drug-likeness (QED) is 0.530. The zero-order chi connectivity index (χ0) is 20.1. The Morgan fingerprint density at radius 2 is 1.93 bits per heavy atom. The fraction of sp³-hybridized carbons (Fsp3) is 0.304. The predicted octanol–water partition coefficient (Wildman–Crippen LogP) is 4.48. The molecule has 1 aliphatic rings. The third-order valence-corrected chi connectivity index (χ3v) is 5.29. The van der Waals surface area contributed by atoms with E-state index in [4.69, 9.17) is 4.74 Å². The third-order valence-electron chi connectivity index (χ3n) is 5.29. The monoisotopic (exact) mass is 393 g/mol. The molecule has 1 aromatic heterocycles. The van der Waals surface area contributed by atoms with Crippen molar-refractivity contribution >= 4 is 5.91 Å². The molecule has 1 aliphatic carbocycles. The predicted molar refractivity (Wildman–Crippen MR) is 109 cm³/mol. The van der Waals surface area contributed by atoms with Crippen molar-refractivity contribution in [3.05, 3.63) is 78.4 Å². The molecule has 0 atom stereocenters. The molecular formula is C23H24FN3O2. The van der Waals surface area contributed by atoms with Gasteiger partial charge in [-0.25, -0.2) is 9.07 Å². The van der Waals surface area contributed by atoms with Gasteiger partial charge in [-0.3, -0.25) is 4.79 Å². The minimum absolute atomic E-state index is 0.0302.